The Morgan fingerprint density at radius 2 is 1.82 bits per heavy atom. The Labute approximate surface area is 200 Å². The predicted octanol–water partition coefficient (Wildman–Crippen LogP) is 3.32. The second-order valence-corrected chi connectivity index (χ2v) is 8.29. The first-order chi connectivity index (χ1) is 16.6. The van der Waals surface area contributed by atoms with Crippen LogP contribution in [0, 0.1) is 6.92 Å². The molecule has 1 saturated heterocycles. The zero-order valence-corrected chi connectivity index (χ0v) is 20.0. The monoisotopic (exact) mass is 464 g/mol. The van der Waals surface area contributed by atoms with Crippen molar-refractivity contribution in [1.29, 1.82) is 0 Å². The number of hydrogen-bond acceptors (Lipinski definition) is 6. The molecule has 8 heteroatoms. The zero-order chi connectivity index (χ0) is 23.9. The number of ether oxygens (including phenoxy) is 3. The van der Waals surface area contributed by atoms with Crippen molar-refractivity contribution in [2.45, 2.75) is 13.3 Å². The van der Waals surface area contributed by atoms with E-state index in [0.29, 0.717) is 29.4 Å². The van der Waals surface area contributed by atoms with Gasteiger partial charge in [-0.15, -0.1) is 0 Å². The Kier molecular flexibility index (Phi) is 7.82. The Morgan fingerprint density at radius 1 is 1.06 bits per heavy atom. The summed E-state index contributed by atoms with van der Waals surface area (Å²) in [6.07, 6.45) is 0.879. The normalized spacial score (nSPS) is 14.1. The van der Waals surface area contributed by atoms with Crippen LogP contribution in [0.15, 0.2) is 48.5 Å². The largest absolute Gasteiger partial charge is 0.497 e. The van der Waals surface area contributed by atoms with Crippen LogP contribution >= 0.6 is 0 Å². The number of methoxy groups -OCH3 is 2. The van der Waals surface area contributed by atoms with Gasteiger partial charge in [0.1, 0.15) is 17.2 Å². The maximum absolute atomic E-state index is 13.2. The smallest absolute Gasteiger partial charge is 0.270 e. The van der Waals surface area contributed by atoms with Crippen molar-refractivity contribution in [3.05, 3.63) is 59.8 Å². The van der Waals surface area contributed by atoms with Gasteiger partial charge in [0.15, 0.2) is 0 Å². The van der Waals surface area contributed by atoms with Crippen LogP contribution in [0.3, 0.4) is 0 Å². The number of rotatable bonds is 9. The molecule has 0 saturated carbocycles. The molecule has 0 bridgehead atoms. The summed E-state index contributed by atoms with van der Waals surface area (Å²) in [5.74, 6) is 1.16. The quantitative estimate of drug-likeness (QED) is 0.490. The summed E-state index contributed by atoms with van der Waals surface area (Å²) in [6.45, 7) is 7.01. The second kappa shape index (κ2) is 11.2. The van der Waals surface area contributed by atoms with Gasteiger partial charge in [-0.25, -0.2) is 4.68 Å². The summed E-state index contributed by atoms with van der Waals surface area (Å²) < 4.78 is 18.0. The van der Waals surface area contributed by atoms with Crippen molar-refractivity contribution in [2.24, 2.45) is 0 Å². The topological polar surface area (TPSA) is 77.9 Å². The average Bonchev–Trinajstić information content (AvgIpc) is 3.32. The van der Waals surface area contributed by atoms with Crippen LogP contribution in [0.2, 0.25) is 0 Å². The first kappa shape index (κ1) is 23.8. The molecule has 3 aromatic rings. The summed E-state index contributed by atoms with van der Waals surface area (Å²) in [7, 11) is 3.22. The lowest BCUT2D eigenvalue weighted by Gasteiger charge is -2.26. The zero-order valence-electron chi connectivity index (χ0n) is 20.0. The van der Waals surface area contributed by atoms with Crippen LogP contribution in [0.5, 0.6) is 11.5 Å². The van der Waals surface area contributed by atoms with Gasteiger partial charge in [-0.2, -0.15) is 5.10 Å². The van der Waals surface area contributed by atoms with E-state index in [1.165, 1.54) is 0 Å². The molecule has 1 fully saturated rings. The molecule has 1 aromatic heterocycles. The van der Waals surface area contributed by atoms with E-state index in [1.54, 1.807) is 18.9 Å². The minimum Gasteiger partial charge on any atom is -0.497 e. The molecule has 1 aliphatic rings. The Bertz CT molecular complexity index is 1100. The van der Waals surface area contributed by atoms with Crippen molar-refractivity contribution >= 4 is 5.91 Å². The lowest BCUT2D eigenvalue weighted by molar-refractivity contribution is 0.0374. The van der Waals surface area contributed by atoms with Gasteiger partial charge >= 0.3 is 0 Å². The highest BCUT2D eigenvalue weighted by atomic mass is 16.5. The molecule has 2 heterocycles. The molecule has 1 N–H and O–H groups in total. The van der Waals surface area contributed by atoms with E-state index in [0.717, 1.165) is 56.1 Å². The van der Waals surface area contributed by atoms with Crippen LogP contribution in [-0.2, 0) is 4.74 Å². The maximum Gasteiger partial charge on any atom is 0.270 e. The number of amides is 1. The summed E-state index contributed by atoms with van der Waals surface area (Å²) in [4.78, 5) is 15.6. The molecule has 180 valence electrons. The van der Waals surface area contributed by atoms with Gasteiger partial charge in [0.25, 0.3) is 5.91 Å². The van der Waals surface area contributed by atoms with Gasteiger partial charge in [-0.3, -0.25) is 9.69 Å². The number of carbonyl (C=O) groups is 1. The van der Waals surface area contributed by atoms with E-state index in [4.69, 9.17) is 19.3 Å². The highest BCUT2D eigenvalue weighted by Gasteiger charge is 2.20. The third kappa shape index (κ3) is 5.58. The predicted molar refractivity (Wildman–Crippen MR) is 131 cm³/mol. The van der Waals surface area contributed by atoms with Gasteiger partial charge in [-0.05, 0) is 50.2 Å². The number of nitrogens with one attached hydrogen (secondary N) is 1. The number of aryl methyl sites for hydroxylation is 1. The molecule has 8 nitrogen and oxygen atoms in total. The average molecular weight is 465 g/mol. The molecule has 0 aliphatic carbocycles. The van der Waals surface area contributed by atoms with Crippen molar-refractivity contribution in [3.63, 3.8) is 0 Å². The lowest BCUT2D eigenvalue weighted by Crippen LogP contribution is -2.38. The van der Waals surface area contributed by atoms with Gasteiger partial charge in [-0.1, -0.05) is 17.7 Å². The van der Waals surface area contributed by atoms with Gasteiger partial charge < -0.3 is 19.5 Å². The minimum atomic E-state index is -0.159. The van der Waals surface area contributed by atoms with Gasteiger partial charge in [0.05, 0.1) is 38.8 Å². The number of morpholine rings is 1. The van der Waals surface area contributed by atoms with E-state index in [2.05, 4.69) is 10.2 Å². The highest BCUT2D eigenvalue weighted by Crippen LogP contribution is 2.33. The lowest BCUT2D eigenvalue weighted by atomic mass is 10.1. The van der Waals surface area contributed by atoms with Crippen molar-refractivity contribution < 1.29 is 19.0 Å². The number of benzene rings is 2. The molecule has 1 amide bonds. The Balaban J connectivity index is 1.57. The third-order valence-corrected chi connectivity index (χ3v) is 5.95. The SMILES string of the molecule is COc1ccc(-c2cc(C(=O)NCCCN3CCOCC3)n(-c3ccc(C)cc3)n2)c(OC)c1. The number of carbonyl (C=O) groups excluding carboxylic acids is 1. The first-order valence-corrected chi connectivity index (χ1v) is 11.6. The van der Waals surface area contributed by atoms with Crippen molar-refractivity contribution in [2.75, 3.05) is 53.6 Å². The fraction of sp³-hybridized carbons (Fsp3) is 0.385. The molecule has 0 atom stereocenters. The van der Waals surface area contributed by atoms with E-state index in [1.807, 2.05) is 55.5 Å². The molecular formula is C26H32N4O4. The fourth-order valence-corrected chi connectivity index (χ4v) is 3.99. The molecular weight excluding hydrogens is 432 g/mol. The number of hydrogen-bond donors (Lipinski definition) is 1. The summed E-state index contributed by atoms with van der Waals surface area (Å²) in [5.41, 5.74) is 3.88. The van der Waals surface area contributed by atoms with Crippen LogP contribution in [0.1, 0.15) is 22.5 Å². The van der Waals surface area contributed by atoms with Gasteiger partial charge in [0, 0.05) is 31.3 Å². The van der Waals surface area contributed by atoms with Gasteiger partial charge in [0.2, 0.25) is 0 Å². The van der Waals surface area contributed by atoms with E-state index < -0.39 is 0 Å². The van der Waals surface area contributed by atoms with Crippen molar-refractivity contribution in [1.82, 2.24) is 20.0 Å². The van der Waals surface area contributed by atoms with Crippen LogP contribution in [0.4, 0.5) is 0 Å². The molecule has 2 aromatic carbocycles. The summed E-state index contributed by atoms with van der Waals surface area (Å²) in [5, 5.41) is 7.84. The van der Waals surface area contributed by atoms with Crippen LogP contribution in [-0.4, -0.2) is 74.2 Å². The molecule has 4 rings (SSSR count). The highest BCUT2D eigenvalue weighted by molar-refractivity contribution is 5.94. The maximum atomic E-state index is 13.2. The Morgan fingerprint density at radius 3 is 2.53 bits per heavy atom. The molecule has 0 spiro atoms. The summed E-state index contributed by atoms with van der Waals surface area (Å²) in [6, 6.07) is 15.3. The number of nitrogens with zero attached hydrogens (tertiary/aromatic N) is 3. The Hall–Kier alpha value is -3.36. The number of aromatic nitrogens is 2. The van der Waals surface area contributed by atoms with E-state index in [-0.39, 0.29) is 5.91 Å². The van der Waals surface area contributed by atoms with E-state index >= 15 is 0 Å². The van der Waals surface area contributed by atoms with E-state index in [9.17, 15) is 4.79 Å². The van der Waals surface area contributed by atoms with Crippen LogP contribution in [0.25, 0.3) is 16.9 Å². The second-order valence-electron chi connectivity index (χ2n) is 8.29. The van der Waals surface area contributed by atoms with Crippen molar-refractivity contribution in [3.8, 4) is 28.4 Å². The molecule has 34 heavy (non-hydrogen) atoms. The molecule has 0 unspecified atom stereocenters. The fourth-order valence-electron chi connectivity index (χ4n) is 3.99. The van der Waals surface area contributed by atoms with Crippen LogP contribution < -0.4 is 14.8 Å². The standard InChI is InChI=1S/C26H32N4O4/c1-19-5-7-20(8-6-19)30-24(26(31)27-11-4-12-29-13-15-34-16-14-29)18-23(28-30)22-10-9-21(32-2)17-25(22)33-3/h5-10,17-18H,4,11-16H2,1-3H3,(H,27,31). The molecule has 0 radical (unpaired) electrons. The molecule has 1 aliphatic heterocycles. The summed E-state index contributed by atoms with van der Waals surface area (Å²) >= 11 is 0. The third-order valence-electron chi connectivity index (χ3n) is 5.95. The first-order valence-electron chi connectivity index (χ1n) is 11.6. The minimum absolute atomic E-state index is 0.159.